The van der Waals surface area contributed by atoms with Gasteiger partial charge in [-0.25, -0.2) is 0 Å². The molecule has 0 aliphatic carbocycles. The molecule has 0 bridgehead atoms. The first-order valence-electron chi connectivity index (χ1n) is 6.89. The van der Waals surface area contributed by atoms with Gasteiger partial charge in [0.25, 0.3) is 5.91 Å². The van der Waals surface area contributed by atoms with E-state index in [-0.39, 0.29) is 5.91 Å². The van der Waals surface area contributed by atoms with Gasteiger partial charge in [-0.1, -0.05) is 19.4 Å². The van der Waals surface area contributed by atoms with Gasteiger partial charge < -0.3 is 20.1 Å². The fraction of sp³-hybridized carbons (Fsp3) is 0.533. The molecule has 0 saturated carbocycles. The molecule has 5 heteroatoms. The predicted octanol–water partition coefficient (Wildman–Crippen LogP) is 1.90. The highest BCUT2D eigenvalue weighted by molar-refractivity contribution is 5.97. The van der Waals surface area contributed by atoms with Crippen molar-refractivity contribution < 1.29 is 14.3 Å². The van der Waals surface area contributed by atoms with Crippen molar-refractivity contribution in [2.75, 3.05) is 33.9 Å². The highest BCUT2D eigenvalue weighted by Gasteiger charge is 2.21. The molecule has 0 saturated heterocycles. The van der Waals surface area contributed by atoms with Crippen molar-refractivity contribution in [3.8, 4) is 11.5 Å². The zero-order chi connectivity index (χ0) is 15.0. The Bertz CT molecular complexity index is 435. The minimum absolute atomic E-state index is 0.0698. The van der Waals surface area contributed by atoms with E-state index in [2.05, 4.69) is 6.92 Å². The van der Waals surface area contributed by atoms with E-state index in [9.17, 15) is 4.79 Å². The Labute approximate surface area is 120 Å². The van der Waals surface area contributed by atoms with Crippen LogP contribution in [0.2, 0.25) is 0 Å². The molecule has 0 aliphatic rings. The standard InChI is InChI=1S/C15H24N2O3/c1-4-5-10-17(11-9-16)15(18)12-7-6-8-13(19-2)14(12)20-3/h6-8H,4-5,9-11,16H2,1-3H3. The van der Waals surface area contributed by atoms with Crippen LogP contribution in [0.25, 0.3) is 0 Å². The zero-order valence-electron chi connectivity index (χ0n) is 12.5. The minimum Gasteiger partial charge on any atom is -0.493 e. The van der Waals surface area contributed by atoms with Crippen molar-refractivity contribution in [1.82, 2.24) is 4.90 Å². The van der Waals surface area contributed by atoms with Crippen molar-refractivity contribution >= 4 is 5.91 Å². The van der Waals surface area contributed by atoms with E-state index >= 15 is 0 Å². The maximum atomic E-state index is 12.6. The van der Waals surface area contributed by atoms with Crippen LogP contribution in [-0.2, 0) is 0 Å². The lowest BCUT2D eigenvalue weighted by molar-refractivity contribution is 0.0754. The van der Waals surface area contributed by atoms with Crippen LogP contribution in [-0.4, -0.2) is 44.7 Å². The van der Waals surface area contributed by atoms with Crippen LogP contribution in [0, 0.1) is 0 Å². The third kappa shape index (κ3) is 3.87. The molecule has 1 aromatic carbocycles. The van der Waals surface area contributed by atoms with Crippen molar-refractivity contribution in [3.05, 3.63) is 23.8 Å². The van der Waals surface area contributed by atoms with Gasteiger partial charge in [0.1, 0.15) is 0 Å². The Hall–Kier alpha value is -1.75. The van der Waals surface area contributed by atoms with Gasteiger partial charge in [0.15, 0.2) is 11.5 Å². The lowest BCUT2D eigenvalue weighted by Gasteiger charge is -2.23. The van der Waals surface area contributed by atoms with E-state index < -0.39 is 0 Å². The molecule has 20 heavy (non-hydrogen) atoms. The number of unbranched alkanes of at least 4 members (excludes halogenated alkanes) is 1. The highest BCUT2D eigenvalue weighted by Crippen LogP contribution is 2.31. The number of hydrogen-bond donors (Lipinski definition) is 1. The maximum Gasteiger partial charge on any atom is 0.257 e. The Morgan fingerprint density at radius 1 is 1.25 bits per heavy atom. The van der Waals surface area contributed by atoms with E-state index in [1.807, 2.05) is 0 Å². The van der Waals surface area contributed by atoms with Crippen LogP contribution in [0.4, 0.5) is 0 Å². The molecule has 0 atom stereocenters. The number of nitrogens with two attached hydrogens (primary N) is 1. The molecular formula is C15H24N2O3. The number of carbonyl (C=O) groups excluding carboxylic acids is 1. The van der Waals surface area contributed by atoms with Gasteiger partial charge in [0, 0.05) is 19.6 Å². The Morgan fingerprint density at radius 3 is 2.55 bits per heavy atom. The molecule has 1 amide bonds. The lowest BCUT2D eigenvalue weighted by Crippen LogP contribution is -2.36. The molecule has 0 radical (unpaired) electrons. The fourth-order valence-corrected chi connectivity index (χ4v) is 2.05. The third-order valence-corrected chi connectivity index (χ3v) is 3.10. The maximum absolute atomic E-state index is 12.6. The van der Waals surface area contributed by atoms with Crippen LogP contribution in [0.3, 0.4) is 0 Å². The molecule has 112 valence electrons. The van der Waals surface area contributed by atoms with Crippen LogP contribution in [0.5, 0.6) is 11.5 Å². The molecular weight excluding hydrogens is 256 g/mol. The minimum atomic E-state index is -0.0698. The summed E-state index contributed by atoms with van der Waals surface area (Å²) >= 11 is 0. The molecule has 0 fully saturated rings. The average molecular weight is 280 g/mol. The average Bonchev–Trinajstić information content (AvgIpc) is 2.49. The second kappa shape index (κ2) is 8.43. The Morgan fingerprint density at radius 2 is 2.00 bits per heavy atom. The topological polar surface area (TPSA) is 64.8 Å². The van der Waals surface area contributed by atoms with E-state index in [0.29, 0.717) is 36.7 Å². The third-order valence-electron chi connectivity index (χ3n) is 3.10. The molecule has 5 nitrogen and oxygen atoms in total. The van der Waals surface area contributed by atoms with Crippen LogP contribution in [0.1, 0.15) is 30.1 Å². The number of para-hydroxylation sites is 1. The van der Waals surface area contributed by atoms with Gasteiger partial charge in [-0.2, -0.15) is 0 Å². The van der Waals surface area contributed by atoms with Crippen LogP contribution < -0.4 is 15.2 Å². The zero-order valence-corrected chi connectivity index (χ0v) is 12.5. The molecule has 0 aliphatic heterocycles. The van der Waals surface area contributed by atoms with Crippen molar-refractivity contribution in [2.24, 2.45) is 5.73 Å². The molecule has 0 spiro atoms. The van der Waals surface area contributed by atoms with Crippen molar-refractivity contribution in [3.63, 3.8) is 0 Å². The Balaban J connectivity index is 3.04. The van der Waals surface area contributed by atoms with Crippen molar-refractivity contribution in [2.45, 2.75) is 19.8 Å². The van der Waals surface area contributed by atoms with Gasteiger partial charge >= 0.3 is 0 Å². The molecule has 0 unspecified atom stereocenters. The van der Waals surface area contributed by atoms with Crippen LogP contribution in [0.15, 0.2) is 18.2 Å². The highest BCUT2D eigenvalue weighted by atomic mass is 16.5. The van der Waals surface area contributed by atoms with Crippen molar-refractivity contribution in [1.29, 1.82) is 0 Å². The first-order valence-corrected chi connectivity index (χ1v) is 6.89. The van der Waals surface area contributed by atoms with E-state index in [1.165, 1.54) is 7.11 Å². The van der Waals surface area contributed by atoms with Gasteiger partial charge in [-0.3, -0.25) is 4.79 Å². The lowest BCUT2D eigenvalue weighted by atomic mass is 10.1. The quantitative estimate of drug-likeness (QED) is 0.790. The summed E-state index contributed by atoms with van der Waals surface area (Å²) < 4.78 is 10.5. The Kier molecular flexibility index (Phi) is 6.87. The van der Waals surface area contributed by atoms with Crippen LogP contribution >= 0.6 is 0 Å². The smallest absolute Gasteiger partial charge is 0.257 e. The summed E-state index contributed by atoms with van der Waals surface area (Å²) in [5, 5.41) is 0. The molecule has 1 aromatic rings. The number of carbonyl (C=O) groups is 1. The summed E-state index contributed by atoms with van der Waals surface area (Å²) in [5.74, 6) is 0.958. The first kappa shape index (κ1) is 16.3. The first-order chi connectivity index (χ1) is 9.69. The molecule has 1 rings (SSSR count). The summed E-state index contributed by atoms with van der Waals surface area (Å²) in [7, 11) is 3.09. The number of ether oxygens (including phenoxy) is 2. The fourth-order valence-electron chi connectivity index (χ4n) is 2.05. The predicted molar refractivity (Wildman–Crippen MR) is 79.4 cm³/mol. The summed E-state index contributed by atoms with van der Waals surface area (Å²) in [6.45, 7) is 3.78. The van der Waals surface area contributed by atoms with Gasteiger partial charge in [0.2, 0.25) is 0 Å². The normalized spacial score (nSPS) is 10.2. The summed E-state index contributed by atoms with van der Waals surface area (Å²) in [6.07, 6.45) is 1.99. The monoisotopic (exact) mass is 280 g/mol. The van der Waals surface area contributed by atoms with E-state index in [1.54, 1.807) is 30.2 Å². The largest absolute Gasteiger partial charge is 0.493 e. The summed E-state index contributed by atoms with van der Waals surface area (Å²) in [5.41, 5.74) is 6.10. The number of nitrogens with zero attached hydrogens (tertiary/aromatic N) is 1. The molecule has 2 N–H and O–H groups in total. The molecule has 0 heterocycles. The SMILES string of the molecule is CCCCN(CCN)C(=O)c1cccc(OC)c1OC. The second-order valence-electron chi connectivity index (χ2n) is 4.48. The number of benzene rings is 1. The number of hydrogen-bond acceptors (Lipinski definition) is 4. The van der Waals surface area contributed by atoms with E-state index in [4.69, 9.17) is 15.2 Å². The number of methoxy groups -OCH3 is 2. The number of rotatable bonds is 8. The van der Waals surface area contributed by atoms with E-state index in [0.717, 1.165) is 12.8 Å². The second-order valence-corrected chi connectivity index (χ2v) is 4.48. The summed E-state index contributed by atoms with van der Waals surface area (Å²) in [6, 6.07) is 5.31. The molecule has 0 aromatic heterocycles. The number of amides is 1. The van der Waals surface area contributed by atoms with Gasteiger partial charge in [-0.15, -0.1) is 0 Å². The van der Waals surface area contributed by atoms with Gasteiger partial charge in [0.05, 0.1) is 19.8 Å². The van der Waals surface area contributed by atoms with Gasteiger partial charge in [-0.05, 0) is 18.6 Å². The summed E-state index contributed by atoms with van der Waals surface area (Å²) in [4.78, 5) is 14.4.